The summed E-state index contributed by atoms with van der Waals surface area (Å²) in [5.74, 6) is 1.22. The van der Waals surface area contributed by atoms with Crippen LogP contribution >= 0.6 is 11.8 Å². The Morgan fingerprint density at radius 3 is 2.58 bits per heavy atom. The smallest absolute Gasteiger partial charge is 0.234 e. The Morgan fingerprint density at radius 2 is 1.90 bits per heavy atom. The Kier molecular flexibility index (Phi) is 5.82. The maximum absolute atomic E-state index is 12.5. The molecule has 1 aromatic carbocycles. The van der Waals surface area contributed by atoms with Crippen LogP contribution < -0.4 is 15.1 Å². The molecular weight excluding hydrogens is 416 g/mol. The number of amides is 2. The van der Waals surface area contributed by atoms with Gasteiger partial charge < -0.3 is 19.9 Å². The van der Waals surface area contributed by atoms with Gasteiger partial charge in [0.2, 0.25) is 17.8 Å². The van der Waals surface area contributed by atoms with Crippen molar-refractivity contribution in [1.29, 1.82) is 0 Å². The van der Waals surface area contributed by atoms with Crippen molar-refractivity contribution in [2.45, 2.75) is 36.9 Å². The van der Waals surface area contributed by atoms with Gasteiger partial charge in [0, 0.05) is 43.5 Å². The van der Waals surface area contributed by atoms with E-state index in [0.29, 0.717) is 25.7 Å². The summed E-state index contributed by atoms with van der Waals surface area (Å²) in [6, 6.07) is 7.87. The minimum Gasteiger partial charge on any atom is -0.378 e. The summed E-state index contributed by atoms with van der Waals surface area (Å²) in [5, 5.41) is 12.5. The quantitative estimate of drug-likeness (QED) is 0.658. The van der Waals surface area contributed by atoms with Crippen molar-refractivity contribution in [1.82, 2.24) is 14.8 Å². The topological polar surface area (TPSA) is 92.6 Å². The number of thioether (sulfide) groups is 1. The Hall–Kier alpha value is -2.59. The first kappa shape index (κ1) is 20.3. The fraction of sp³-hybridized carbons (Fsp3) is 0.524. The zero-order chi connectivity index (χ0) is 21.2. The van der Waals surface area contributed by atoms with Crippen LogP contribution in [0.25, 0.3) is 0 Å². The summed E-state index contributed by atoms with van der Waals surface area (Å²) in [7, 11) is 0. The second kappa shape index (κ2) is 8.88. The molecule has 0 radical (unpaired) electrons. The number of carbonyl (C=O) groups excluding carboxylic acids is 2. The van der Waals surface area contributed by atoms with E-state index in [1.807, 2.05) is 24.3 Å². The van der Waals surface area contributed by atoms with Crippen LogP contribution in [0, 0.1) is 0 Å². The van der Waals surface area contributed by atoms with Crippen LogP contribution in [0.2, 0.25) is 0 Å². The molecule has 164 valence electrons. The van der Waals surface area contributed by atoms with Crippen molar-refractivity contribution in [3.63, 3.8) is 0 Å². The largest absolute Gasteiger partial charge is 0.378 e. The third-order valence-electron chi connectivity index (χ3n) is 5.72. The van der Waals surface area contributed by atoms with E-state index in [-0.39, 0.29) is 17.6 Å². The lowest BCUT2D eigenvalue weighted by Gasteiger charge is -2.27. The number of anilines is 3. The maximum atomic E-state index is 12.5. The van der Waals surface area contributed by atoms with Gasteiger partial charge >= 0.3 is 0 Å². The summed E-state index contributed by atoms with van der Waals surface area (Å²) in [4.78, 5) is 28.4. The van der Waals surface area contributed by atoms with Crippen LogP contribution in [-0.2, 0) is 14.3 Å². The normalized spacial score (nSPS) is 19.2. The summed E-state index contributed by atoms with van der Waals surface area (Å²) in [6.45, 7) is 3.79. The van der Waals surface area contributed by atoms with Gasteiger partial charge in [-0.25, -0.2) is 0 Å². The molecule has 3 aliphatic rings. The number of rotatable bonds is 7. The standard InChI is InChI=1S/C21H26N6O3S/c28-18(22-15-3-5-16(6-4-15)26-9-1-2-19(26)29)14-31-21-24-23-20(27(21)17-7-8-17)25-10-12-30-13-11-25/h3-6,17H,1-2,7-14H2,(H,22,28). The zero-order valence-electron chi connectivity index (χ0n) is 17.3. The number of hydrogen-bond donors (Lipinski definition) is 1. The highest BCUT2D eigenvalue weighted by Gasteiger charge is 2.32. The maximum Gasteiger partial charge on any atom is 0.234 e. The molecule has 0 spiro atoms. The Bertz CT molecular complexity index is 953. The minimum atomic E-state index is -0.0896. The first-order valence-corrected chi connectivity index (χ1v) is 11.8. The zero-order valence-corrected chi connectivity index (χ0v) is 18.1. The number of morpholine rings is 1. The van der Waals surface area contributed by atoms with Crippen molar-refractivity contribution in [2.24, 2.45) is 0 Å². The van der Waals surface area contributed by atoms with E-state index < -0.39 is 0 Å². The van der Waals surface area contributed by atoms with Gasteiger partial charge in [-0.3, -0.25) is 14.2 Å². The molecular formula is C21H26N6O3S. The fourth-order valence-electron chi connectivity index (χ4n) is 3.97. The average Bonchev–Trinajstić information content (AvgIpc) is 3.40. The van der Waals surface area contributed by atoms with Gasteiger partial charge in [-0.05, 0) is 43.5 Å². The van der Waals surface area contributed by atoms with E-state index in [1.54, 1.807) is 4.90 Å². The molecule has 3 fully saturated rings. The van der Waals surface area contributed by atoms with E-state index in [9.17, 15) is 9.59 Å². The number of hydrogen-bond acceptors (Lipinski definition) is 7. The molecule has 2 aromatic rings. The van der Waals surface area contributed by atoms with Crippen molar-refractivity contribution in [2.75, 3.05) is 53.7 Å². The molecule has 0 unspecified atom stereocenters. The SMILES string of the molecule is O=C(CSc1nnc(N2CCOCC2)n1C1CC1)Nc1ccc(N2CCCC2=O)cc1. The molecule has 10 heteroatoms. The first-order valence-electron chi connectivity index (χ1n) is 10.8. The van der Waals surface area contributed by atoms with Crippen LogP contribution in [-0.4, -0.2) is 65.2 Å². The van der Waals surface area contributed by atoms with E-state index in [0.717, 1.165) is 61.4 Å². The monoisotopic (exact) mass is 442 g/mol. The minimum absolute atomic E-state index is 0.0896. The van der Waals surface area contributed by atoms with Crippen LogP contribution in [0.5, 0.6) is 0 Å². The summed E-state index contributed by atoms with van der Waals surface area (Å²) >= 11 is 1.42. The molecule has 9 nitrogen and oxygen atoms in total. The van der Waals surface area contributed by atoms with Crippen molar-refractivity contribution in [3.8, 4) is 0 Å². The van der Waals surface area contributed by atoms with Crippen LogP contribution in [0.15, 0.2) is 29.4 Å². The number of nitrogens with one attached hydrogen (secondary N) is 1. The molecule has 1 aliphatic carbocycles. The van der Waals surface area contributed by atoms with E-state index in [2.05, 4.69) is 25.0 Å². The molecule has 2 saturated heterocycles. The number of carbonyl (C=O) groups is 2. The lowest BCUT2D eigenvalue weighted by Crippen LogP contribution is -2.38. The number of aromatic nitrogens is 3. The highest BCUT2D eigenvalue weighted by molar-refractivity contribution is 7.99. The van der Waals surface area contributed by atoms with E-state index in [4.69, 9.17) is 4.74 Å². The predicted molar refractivity (Wildman–Crippen MR) is 119 cm³/mol. The van der Waals surface area contributed by atoms with Crippen LogP contribution in [0.1, 0.15) is 31.7 Å². The molecule has 0 bridgehead atoms. The molecule has 1 saturated carbocycles. The lowest BCUT2D eigenvalue weighted by atomic mass is 10.2. The molecule has 0 atom stereocenters. The number of nitrogens with zero attached hydrogens (tertiary/aromatic N) is 5. The van der Waals surface area contributed by atoms with Gasteiger partial charge in [0.05, 0.1) is 19.0 Å². The molecule has 1 aromatic heterocycles. The third-order valence-corrected chi connectivity index (χ3v) is 6.66. The summed E-state index contributed by atoms with van der Waals surface area (Å²) in [6.07, 6.45) is 3.75. The first-order chi connectivity index (χ1) is 15.2. The van der Waals surface area contributed by atoms with Gasteiger partial charge in [0.15, 0.2) is 5.16 Å². The second-order valence-corrected chi connectivity index (χ2v) is 8.96. The van der Waals surface area contributed by atoms with Crippen molar-refractivity contribution < 1.29 is 14.3 Å². The van der Waals surface area contributed by atoms with Gasteiger partial charge in [0.1, 0.15) is 0 Å². The highest BCUT2D eigenvalue weighted by Crippen LogP contribution is 2.41. The van der Waals surface area contributed by atoms with Gasteiger partial charge in [-0.2, -0.15) is 0 Å². The van der Waals surface area contributed by atoms with E-state index in [1.165, 1.54) is 11.8 Å². The van der Waals surface area contributed by atoms with Gasteiger partial charge in [-0.15, -0.1) is 10.2 Å². The molecule has 2 aliphatic heterocycles. The van der Waals surface area contributed by atoms with E-state index >= 15 is 0 Å². The number of ether oxygens (including phenoxy) is 1. The van der Waals surface area contributed by atoms with Crippen molar-refractivity contribution in [3.05, 3.63) is 24.3 Å². The third kappa shape index (κ3) is 4.54. The van der Waals surface area contributed by atoms with Crippen LogP contribution in [0.3, 0.4) is 0 Å². The Balaban J connectivity index is 1.19. The van der Waals surface area contributed by atoms with Gasteiger partial charge in [-0.1, -0.05) is 11.8 Å². The van der Waals surface area contributed by atoms with Gasteiger partial charge in [0.25, 0.3) is 0 Å². The fourth-order valence-corrected chi connectivity index (χ4v) is 4.77. The second-order valence-electron chi connectivity index (χ2n) is 8.02. The Labute approximate surface area is 185 Å². The van der Waals surface area contributed by atoms with Crippen molar-refractivity contribution >= 4 is 40.9 Å². The highest BCUT2D eigenvalue weighted by atomic mass is 32.2. The molecule has 3 heterocycles. The average molecular weight is 443 g/mol. The molecule has 2 amide bonds. The molecule has 31 heavy (non-hydrogen) atoms. The number of benzene rings is 1. The predicted octanol–water partition coefficient (Wildman–Crippen LogP) is 2.31. The molecule has 1 N–H and O–H groups in total. The van der Waals surface area contributed by atoms with Crippen LogP contribution in [0.4, 0.5) is 17.3 Å². The summed E-state index contributed by atoms with van der Waals surface area (Å²) < 4.78 is 7.63. The Morgan fingerprint density at radius 1 is 1.13 bits per heavy atom. The molecule has 5 rings (SSSR count). The lowest BCUT2D eigenvalue weighted by molar-refractivity contribution is -0.117. The summed E-state index contributed by atoms with van der Waals surface area (Å²) in [5.41, 5.74) is 1.60.